The molecule has 2 aromatic heterocycles. The summed E-state index contributed by atoms with van der Waals surface area (Å²) in [5.41, 5.74) is 1.89. The van der Waals surface area contributed by atoms with Crippen LogP contribution in [-0.4, -0.2) is 34.8 Å². The molecule has 1 aliphatic rings. The summed E-state index contributed by atoms with van der Waals surface area (Å²) in [5.74, 6) is -0.741. The van der Waals surface area contributed by atoms with Crippen LogP contribution in [0.4, 0.5) is 0 Å². The van der Waals surface area contributed by atoms with Gasteiger partial charge in [-0.05, 0) is 24.3 Å². The van der Waals surface area contributed by atoms with Gasteiger partial charge in [-0.1, -0.05) is 30.3 Å². The highest BCUT2D eigenvalue weighted by molar-refractivity contribution is 7.14. The second kappa shape index (κ2) is 8.02. The molecular weight excluding hydrogens is 380 g/mol. The van der Waals surface area contributed by atoms with Gasteiger partial charge in [0.2, 0.25) is 6.10 Å². The van der Waals surface area contributed by atoms with E-state index in [1.165, 1.54) is 11.3 Å². The number of likely N-dealkylation sites (tertiary alicyclic amines) is 1. The molecule has 1 atom stereocenters. The molecule has 1 aliphatic heterocycles. The summed E-state index contributed by atoms with van der Waals surface area (Å²) in [7, 11) is 0. The van der Waals surface area contributed by atoms with Crippen LogP contribution >= 0.6 is 22.7 Å². The fourth-order valence-corrected chi connectivity index (χ4v) is 4.55. The lowest BCUT2D eigenvalue weighted by molar-refractivity contribution is -0.140. The Morgan fingerprint density at radius 1 is 1.07 bits per heavy atom. The second-order valence-corrected chi connectivity index (χ2v) is 7.92. The monoisotopic (exact) mass is 398 g/mol. The molecule has 4 rings (SSSR count). The number of benzene rings is 1. The quantitative estimate of drug-likeness (QED) is 0.598. The van der Waals surface area contributed by atoms with E-state index in [4.69, 9.17) is 4.74 Å². The first-order chi connectivity index (χ1) is 13.2. The smallest absolute Gasteiger partial charge is 0.358 e. The molecule has 0 radical (unpaired) electrons. The highest BCUT2D eigenvalue weighted by Gasteiger charge is 2.31. The van der Waals surface area contributed by atoms with Crippen molar-refractivity contribution in [1.29, 1.82) is 0 Å². The Morgan fingerprint density at radius 3 is 2.56 bits per heavy atom. The van der Waals surface area contributed by atoms with Crippen LogP contribution in [-0.2, 0) is 9.53 Å². The van der Waals surface area contributed by atoms with Gasteiger partial charge in [-0.15, -0.1) is 11.3 Å². The molecule has 3 heterocycles. The van der Waals surface area contributed by atoms with Crippen LogP contribution in [0.15, 0.2) is 52.5 Å². The molecule has 1 aromatic carbocycles. The van der Waals surface area contributed by atoms with Crippen LogP contribution in [0.2, 0.25) is 0 Å². The number of thiophene rings is 1. The molecule has 3 aromatic rings. The number of amides is 1. The fraction of sp³-hybridized carbons (Fsp3) is 0.250. The molecule has 138 valence electrons. The number of nitrogens with zero attached hydrogens (tertiary/aromatic N) is 2. The lowest BCUT2D eigenvalue weighted by Gasteiger charge is -2.23. The third-order valence-corrected chi connectivity index (χ3v) is 6.03. The van der Waals surface area contributed by atoms with Gasteiger partial charge in [0.05, 0.1) is 0 Å². The van der Waals surface area contributed by atoms with E-state index in [-0.39, 0.29) is 11.6 Å². The molecule has 1 saturated heterocycles. The van der Waals surface area contributed by atoms with E-state index in [1.54, 1.807) is 21.6 Å². The van der Waals surface area contributed by atoms with Crippen molar-refractivity contribution < 1.29 is 14.3 Å². The predicted octanol–water partition coefficient (Wildman–Crippen LogP) is 4.39. The largest absolute Gasteiger partial charge is 0.443 e. The van der Waals surface area contributed by atoms with Crippen molar-refractivity contribution in [2.45, 2.75) is 18.9 Å². The third-order valence-electron chi connectivity index (χ3n) is 4.45. The van der Waals surface area contributed by atoms with Crippen molar-refractivity contribution in [3.63, 3.8) is 0 Å². The summed E-state index contributed by atoms with van der Waals surface area (Å²) in [6.07, 6.45) is 1.03. The summed E-state index contributed by atoms with van der Waals surface area (Å²) in [6, 6.07) is 11.1. The topological polar surface area (TPSA) is 59.5 Å². The van der Waals surface area contributed by atoms with E-state index < -0.39 is 12.1 Å². The van der Waals surface area contributed by atoms with Crippen LogP contribution in [0.3, 0.4) is 0 Å². The van der Waals surface area contributed by atoms with Crippen molar-refractivity contribution in [3.8, 4) is 10.6 Å². The number of rotatable bonds is 5. The Kier molecular flexibility index (Phi) is 5.31. The van der Waals surface area contributed by atoms with E-state index in [0.717, 1.165) is 23.4 Å². The molecule has 0 bridgehead atoms. The van der Waals surface area contributed by atoms with Gasteiger partial charge in [-0.25, -0.2) is 9.78 Å². The number of esters is 1. The van der Waals surface area contributed by atoms with Gasteiger partial charge in [-0.2, -0.15) is 11.3 Å². The first-order valence-electron chi connectivity index (χ1n) is 8.75. The van der Waals surface area contributed by atoms with Crippen molar-refractivity contribution in [2.24, 2.45) is 0 Å². The number of carbonyl (C=O) groups excluding carboxylic acids is 2. The Bertz CT molecular complexity index is 916. The fourth-order valence-electron chi connectivity index (χ4n) is 3.05. The molecule has 0 saturated carbocycles. The molecular formula is C20H18N2O3S2. The zero-order chi connectivity index (χ0) is 18.6. The van der Waals surface area contributed by atoms with Gasteiger partial charge >= 0.3 is 5.97 Å². The number of carbonyl (C=O) groups is 2. The van der Waals surface area contributed by atoms with Crippen LogP contribution in [0.1, 0.15) is 35.0 Å². The van der Waals surface area contributed by atoms with E-state index in [1.807, 2.05) is 47.2 Å². The molecule has 0 spiro atoms. The highest BCUT2D eigenvalue weighted by Crippen LogP contribution is 2.28. The maximum Gasteiger partial charge on any atom is 0.358 e. The summed E-state index contributed by atoms with van der Waals surface area (Å²) < 4.78 is 5.64. The van der Waals surface area contributed by atoms with Crippen molar-refractivity contribution in [2.75, 3.05) is 13.1 Å². The second-order valence-electron chi connectivity index (χ2n) is 6.28. The maximum absolute atomic E-state index is 12.9. The standard InChI is InChI=1S/C20H18N2O3S2/c23-19(22-9-4-5-10-22)17(14-6-2-1-3-7-14)25-20(24)16-13-27-18(21-16)15-8-11-26-12-15/h1-3,6-8,11-13,17H,4-5,9-10H2/t17-/m1/s1. The first kappa shape index (κ1) is 17.9. The Morgan fingerprint density at radius 2 is 1.85 bits per heavy atom. The lowest BCUT2D eigenvalue weighted by atomic mass is 10.1. The van der Waals surface area contributed by atoms with Crippen molar-refractivity contribution in [3.05, 3.63) is 63.8 Å². The highest BCUT2D eigenvalue weighted by atomic mass is 32.1. The minimum atomic E-state index is -0.942. The van der Waals surface area contributed by atoms with E-state index in [0.29, 0.717) is 18.7 Å². The Balaban J connectivity index is 1.55. The molecule has 1 fully saturated rings. The molecule has 0 unspecified atom stereocenters. The number of hydrogen-bond donors (Lipinski definition) is 0. The molecule has 27 heavy (non-hydrogen) atoms. The van der Waals surface area contributed by atoms with Gasteiger partial charge in [0.25, 0.3) is 5.91 Å². The number of ether oxygens (including phenoxy) is 1. The normalized spacial score (nSPS) is 14.9. The van der Waals surface area contributed by atoms with E-state index in [9.17, 15) is 9.59 Å². The molecule has 0 N–H and O–H groups in total. The van der Waals surface area contributed by atoms with Gasteiger partial charge in [0.15, 0.2) is 5.69 Å². The number of thiazole rings is 1. The van der Waals surface area contributed by atoms with Crippen LogP contribution in [0.5, 0.6) is 0 Å². The summed E-state index contributed by atoms with van der Waals surface area (Å²) in [4.78, 5) is 31.8. The summed E-state index contributed by atoms with van der Waals surface area (Å²) >= 11 is 2.97. The molecule has 0 aliphatic carbocycles. The maximum atomic E-state index is 12.9. The summed E-state index contributed by atoms with van der Waals surface area (Å²) in [5, 5.41) is 6.40. The van der Waals surface area contributed by atoms with Crippen LogP contribution in [0.25, 0.3) is 10.6 Å². The van der Waals surface area contributed by atoms with Gasteiger partial charge in [0.1, 0.15) is 5.01 Å². The number of aromatic nitrogens is 1. The Labute approximate surface area is 165 Å². The Hall–Kier alpha value is -2.51. The van der Waals surface area contributed by atoms with Crippen LogP contribution < -0.4 is 0 Å². The SMILES string of the molecule is O=C(O[C@@H](C(=O)N1CCCC1)c1ccccc1)c1csc(-c2ccsc2)n1. The van der Waals surface area contributed by atoms with E-state index in [2.05, 4.69) is 4.98 Å². The first-order valence-corrected chi connectivity index (χ1v) is 10.6. The lowest BCUT2D eigenvalue weighted by Crippen LogP contribution is -2.34. The minimum absolute atomic E-state index is 0.166. The molecule has 5 nitrogen and oxygen atoms in total. The predicted molar refractivity (Wildman–Crippen MR) is 106 cm³/mol. The van der Waals surface area contributed by atoms with E-state index >= 15 is 0 Å². The van der Waals surface area contributed by atoms with Gasteiger partial charge in [0, 0.05) is 35.0 Å². The number of hydrogen-bond acceptors (Lipinski definition) is 6. The third kappa shape index (κ3) is 3.94. The average molecular weight is 399 g/mol. The zero-order valence-electron chi connectivity index (χ0n) is 14.5. The van der Waals surface area contributed by atoms with Crippen LogP contribution in [0, 0.1) is 0 Å². The van der Waals surface area contributed by atoms with Crippen molar-refractivity contribution in [1.82, 2.24) is 9.88 Å². The average Bonchev–Trinajstić information content (AvgIpc) is 3.47. The molecule has 1 amide bonds. The van der Waals surface area contributed by atoms with Gasteiger partial charge < -0.3 is 9.64 Å². The molecule has 7 heteroatoms. The zero-order valence-corrected chi connectivity index (χ0v) is 16.2. The minimum Gasteiger partial charge on any atom is -0.443 e. The van der Waals surface area contributed by atoms with Gasteiger partial charge in [-0.3, -0.25) is 4.79 Å². The summed E-state index contributed by atoms with van der Waals surface area (Å²) in [6.45, 7) is 1.41. The van der Waals surface area contributed by atoms with Crippen molar-refractivity contribution >= 4 is 34.6 Å².